The number of thioether (sulfide) groups is 2. The van der Waals surface area contributed by atoms with Gasteiger partial charge in [0.05, 0.1) is 21.1 Å². The molecule has 1 atom stereocenters. The van der Waals surface area contributed by atoms with E-state index < -0.39 is 28.6 Å². The lowest BCUT2D eigenvalue weighted by Gasteiger charge is -2.37. The minimum absolute atomic E-state index is 0.0666. The first-order valence-electron chi connectivity index (χ1n) is 11.0. The molecule has 2 N–H and O–H groups in total. The van der Waals surface area contributed by atoms with Gasteiger partial charge in [-0.3, -0.25) is 10.1 Å². The van der Waals surface area contributed by atoms with Crippen LogP contribution < -0.4 is 0 Å². The van der Waals surface area contributed by atoms with Crippen molar-refractivity contribution in [3.05, 3.63) is 45.1 Å². The number of aliphatic carboxylic acids is 1. The number of aliphatic hydroxyl groups is 1. The van der Waals surface area contributed by atoms with Gasteiger partial charge in [-0.25, -0.2) is 19.5 Å². The van der Waals surface area contributed by atoms with Crippen molar-refractivity contribution in [3.8, 4) is 0 Å². The number of carboxylic acid groups (broad SMARTS) is 1. The van der Waals surface area contributed by atoms with E-state index in [-0.39, 0.29) is 33.6 Å². The number of aliphatic hydroxyl groups excluding tert-OH is 1. The first-order chi connectivity index (χ1) is 16.4. The molecule has 0 aromatic heterocycles. The van der Waals surface area contributed by atoms with Crippen molar-refractivity contribution in [2.75, 3.05) is 18.6 Å². The molecule has 0 fully saturated rings. The van der Waals surface area contributed by atoms with Crippen LogP contribution in [0.25, 0.3) is 0 Å². The van der Waals surface area contributed by atoms with Gasteiger partial charge < -0.3 is 14.9 Å². The highest BCUT2D eigenvalue weighted by molar-refractivity contribution is 8.13. The van der Waals surface area contributed by atoms with E-state index in [1.807, 2.05) is 0 Å². The second kappa shape index (κ2) is 12.4. The molecule has 2 rings (SSSR count). The molecule has 1 heterocycles. The van der Waals surface area contributed by atoms with Crippen LogP contribution in [0.1, 0.15) is 58.6 Å². The molecular formula is C23H31N3O7S2. The van der Waals surface area contributed by atoms with Crippen LogP contribution in [0.15, 0.2) is 39.4 Å². The van der Waals surface area contributed by atoms with Gasteiger partial charge in [0.2, 0.25) is 0 Å². The molecule has 0 bridgehead atoms. The first kappa shape index (κ1) is 28.7. The average Bonchev–Trinajstić information content (AvgIpc) is 2.76. The molecule has 35 heavy (non-hydrogen) atoms. The summed E-state index contributed by atoms with van der Waals surface area (Å²) in [6.07, 6.45) is 2.98. The van der Waals surface area contributed by atoms with E-state index in [9.17, 15) is 24.8 Å². The third kappa shape index (κ3) is 7.21. The van der Waals surface area contributed by atoms with Crippen LogP contribution in [0.3, 0.4) is 0 Å². The molecule has 1 aromatic carbocycles. The fraction of sp³-hybridized carbons (Fsp3) is 0.522. The standard InChI is InChI=1S/C23H31N3O7S2/c1-14-17(20(28)29)18(25(21(24-14)34-5)22(30)33-23(2,3)4)15-10-9-11-16(26(31)32)19(15)35-13-8-6-7-12-27/h9-11,18,27H,6-8,12-13H2,1-5H3,(H,28,29). The summed E-state index contributed by atoms with van der Waals surface area (Å²) in [5.74, 6) is -0.763. The molecule has 0 saturated heterocycles. The molecule has 0 spiro atoms. The lowest BCUT2D eigenvalue weighted by Crippen LogP contribution is -2.45. The van der Waals surface area contributed by atoms with Gasteiger partial charge in [-0.2, -0.15) is 0 Å². The monoisotopic (exact) mass is 525 g/mol. The van der Waals surface area contributed by atoms with Crippen molar-refractivity contribution < 1.29 is 29.5 Å². The molecule has 10 nitrogen and oxygen atoms in total. The smallest absolute Gasteiger partial charge is 0.417 e. The zero-order chi connectivity index (χ0) is 26.3. The Morgan fingerprint density at radius 3 is 2.49 bits per heavy atom. The van der Waals surface area contributed by atoms with Crippen LogP contribution in [0.4, 0.5) is 10.5 Å². The van der Waals surface area contributed by atoms with Crippen molar-refractivity contribution in [1.29, 1.82) is 0 Å². The third-order valence-electron chi connectivity index (χ3n) is 4.96. The molecule has 1 aromatic rings. The Kier molecular flexibility index (Phi) is 10.2. The van der Waals surface area contributed by atoms with E-state index in [0.29, 0.717) is 24.2 Å². The summed E-state index contributed by atoms with van der Waals surface area (Å²) in [7, 11) is 0. The molecule has 1 aliphatic rings. The van der Waals surface area contributed by atoms with Gasteiger partial charge in [-0.05, 0) is 52.5 Å². The van der Waals surface area contributed by atoms with E-state index in [4.69, 9.17) is 9.84 Å². The van der Waals surface area contributed by atoms with Crippen LogP contribution in [0, 0.1) is 10.1 Å². The van der Waals surface area contributed by atoms with Gasteiger partial charge in [0.25, 0.3) is 5.69 Å². The highest BCUT2D eigenvalue weighted by Gasteiger charge is 2.43. The Balaban J connectivity index is 2.71. The summed E-state index contributed by atoms with van der Waals surface area (Å²) < 4.78 is 5.58. The summed E-state index contributed by atoms with van der Waals surface area (Å²) in [5, 5.41) is 31.2. The van der Waals surface area contributed by atoms with Crippen molar-refractivity contribution in [2.45, 2.75) is 63.5 Å². The van der Waals surface area contributed by atoms with E-state index in [1.54, 1.807) is 33.1 Å². The van der Waals surface area contributed by atoms with Crippen molar-refractivity contribution in [3.63, 3.8) is 0 Å². The first-order valence-corrected chi connectivity index (χ1v) is 13.2. The van der Waals surface area contributed by atoms with E-state index in [2.05, 4.69) is 4.99 Å². The van der Waals surface area contributed by atoms with E-state index >= 15 is 0 Å². The number of nitro groups is 1. The van der Waals surface area contributed by atoms with Crippen LogP contribution in [-0.2, 0) is 9.53 Å². The average molecular weight is 526 g/mol. The SMILES string of the molecule is CSC1=NC(C)=C(C(=O)O)C(c2cccc([N+](=O)[O-])c2SCCCCCO)N1C(=O)OC(C)(C)C. The number of allylic oxidation sites excluding steroid dienone is 1. The number of hydrogen-bond donors (Lipinski definition) is 2. The number of hydrogen-bond acceptors (Lipinski definition) is 9. The number of ether oxygens (including phenoxy) is 1. The molecule has 0 aliphatic carbocycles. The summed E-state index contributed by atoms with van der Waals surface area (Å²) in [5.41, 5.74) is -0.671. The van der Waals surface area contributed by atoms with Gasteiger partial charge >= 0.3 is 12.1 Å². The Bertz CT molecular complexity index is 1030. The molecule has 1 unspecified atom stereocenters. The highest BCUT2D eigenvalue weighted by Crippen LogP contribution is 2.44. The molecule has 12 heteroatoms. The van der Waals surface area contributed by atoms with Gasteiger partial charge in [0.15, 0.2) is 5.17 Å². The Labute approximate surface area is 213 Å². The maximum Gasteiger partial charge on any atom is 0.417 e. The molecule has 1 amide bonds. The number of carbonyl (C=O) groups excluding carboxylic acids is 1. The maximum atomic E-state index is 13.3. The second-order valence-electron chi connectivity index (χ2n) is 8.74. The summed E-state index contributed by atoms with van der Waals surface area (Å²) in [6.45, 7) is 6.69. The topological polar surface area (TPSA) is 143 Å². The number of nitrogens with zero attached hydrogens (tertiary/aromatic N) is 3. The number of unbranched alkanes of at least 4 members (excludes halogenated alkanes) is 2. The maximum absolute atomic E-state index is 13.3. The van der Waals surface area contributed by atoms with Crippen molar-refractivity contribution in [2.24, 2.45) is 4.99 Å². The minimum atomic E-state index is -1.28. The largest absolute Gasteiger partial charge is 0.478 e. The molecule has 192 valence electrons. The predicted octanol–water partition coefficient (Wildman–Crippen LogP) is 5.22. The molecule has 0 radical (unpaired) electrons. The van der Waals surface area contributed by atoms with Gasteiger partial charge in [-0.1, -0.05) is 30.3 Å². The number of benzene rings is 1. The Morgan fingerprint density at radius 1 is 1.26 bits per heavy atom. The second-order valence-corrected chi connectivity index (χ2v) is 10.6. The number of rotatable bonds is 9. The van der Waals surface area contributed by atoms with Gasteiger partial charge in [0.1, 0.15) is 11.6 Å². The zero-order valence-electron chi connectivity index (χ0n) is 20.4. The zero-order valence-corrected chi connectivity index (χ0v) is 22.1. The van der Waals surface area contributed by atoms with Crippen LogP contribution in [-0.4, -0.2) is 61.5 Å². The third-order valence-corrected chi connectivity index (χ3v) is 6.84. The number of amides is 1. The highest BCUT2D eigenvalue weighted by atomic mass is 32.2. The number of nitro benzene ring substituents is 1. The van der Waals surface area contributed by atoms with Crippen LogP contribution in [0.2, 0.25) is 0 Å². The van der Waals surface area contributed by atoms with E-state index in [1.165, 1.54) is 35.7 Å². The molecular weight excluding hydrogens is 494 g/mol. The summed E-state index contributed by atoms with van der Waals surface area (Å²) in [6, 6.07) is 3.27. The van der Waals surface area contributed by atoms with Crippen molar-refractivity contribution >= 4 is 46.4 Å². The summed E-state index contributed by atoms with van der Waals surface area (Å²) >= 11 is 2.38. The fourth-order valence-corrected chi connectivity index (χ4v) is 5.32. The fourth-order valence-electron chi connectivity index (χ4n) is 3.52. The quantitative estimate of drug-likeness (QED) is 0.192. The summed E-state index contributed by atoms with van der Waals surface area (Å²) in [4.78, 5) is 42.9. The molecule has 0 saturated carbocycles. The predicted molar refractivity (Wildman–Crippen MR) is 137 cm³/mol. The molecule has 1 aliphatic heterocycles. The van der Waals surface area contributed by atoms with E-state index in [0.717, 1.165) is 18.2 Å². The Hall–Kier alpha value is -2.57. The lowest BCUT2D eigenvalue weighted by molar-refractivity contribution is -0.387. The van der Waals surface area contributed by atoms with Crippen LogP contribution in [0.5, 0.6) is 0 Å². The van der Waals surface area contributed by atoms with Crippen molar-refractivity contribution in [1.82, 2.24) is 4.90 Å². The van der Waals surface area contributed by atoms with Gasteiger partial charge in [-0.15, -0.1) is 11.8 Å². The minimum Gasteiger partial charge on any atom is -0.478 e. The van der Waals surface area contributed by atoms with Gasteiger partial charge in [0, 0.05) is 18.2 Å². The van der Waals surface area contributed by atoms with Crippen LogP contribution >= 0.6 is 23.5 Å². The Morgan fingerprint density at radius 2 is 1.94 bits per heavy atom. The lowest BCUT2D eigenvalue weighted by atomic mass is 9.94. The number of amidine groups is 1. The number of aliphatic imine (C=N–C) groups is 1. The normalized spacial score (nSPS) is 16.2. The number of carboxylic acids is 1. The number of carbonyl (C=O) groups is 2.